The molecule has 3 aromatic rings. The van der Waals surface area contributed by atoms with E-state index < -0.39 is 17.3 Å². The summed E-state index contributed by atoms with van der Waals surface area (Å²) in [5, 5.41) is 11.9. The Morgan fingerprint density at radius 1 is 0.774 bits per heavy atom. The SMILES string of the molecule is CC(NC(=O)/C=C\C(=O)O)C(c1ccccc1)(c1ccccc1)C(C)c1ccccc1. The van der Waals surface area contributed by atoms with Crippen LogP contribution in [0.15, 0.2) is 103 Å². The summed E-state index contributed by atoms with van der Waals surface area (Å²) < 4.78 is 0. The first-order valence-electron chi connectivity index (χ1n) is 10.3. The number of carboxylic acids is 1. The third kappa shape index (κ3) is 4.75. The number of benzene rings is 3. The lowest BCUT2D eigenvalue weighted by Gasteiger charge is -2.45. The minimum Gasteiger partial charge on any atom is -0.478 e. The fourth-order valence-electron chi connectivity index (χ4n) is 4.50. The van der Waals surface area contributed by atoms with Gasteiger partial charge in [0.15, 0.2) is 0 Å². The van der Waals surface area contributed by atoms with Crippen LogP contribution in [0.25, 0.3) is 0 Å². The van der Waals surface area contributed by atoms with Crippen LogP contribution in [0, 0.1) is 0 Å². The van der Waals surface area contributed by atoms with Crippen LogP contribution in [0.5, 0.6) is 0 Å². The molecule has 2 atom stereocenters. The molecule has 3 rings (SSSR count). The number of rotatable bonds is 8. The number of amides is 1. The Bertz CT molecular complexity index is 990. The summed E-state index contributed by atoms with van der Waals surface area (Å²) in [4.78, 5) is 23.4. The molecule has 2 unspecified atom stereocenters. The molecule has 0 aliphatic rings. The molecule has 0 bridgehead atoms. The molecule has 0 aliphatic carbocycles. The van der Waals surface area contributed by atoms with Crippen LogP contribution in [-0.2, 0) is 15.0 Å². The molecule has 0 aliphatic heterocycles. The number of carbonyl (C=O) groups excluding carboxylic acids is 1. The number of nitrogens with one attached hydrogen (secondary N) is 1. The smallest absolute Gasteiger partial charge is 0.328 e. The minimum absolute atomic E-state index is 0.0113. The normalized spacial score (nSPS) is 13.5. The number of aliphatic carboxylic acids is 1. The summed E-state index contributed by atoms with van der Waals surface area (Å²) in [6, 6.07) is 30.2. The van der Waals surface area contributed by atoms with Crippen LogP contribution < -0.4 is 5.32 Å². The second-order valence-corrected chi connectivity index (χ2v) is 7.64. The van der Waals surface area contributed by atoms with Crippen molar-refractivity contribution in [2.24, 2.45) is 0 Å². The zero-order chi connectivity index (χ0) is 22.3. The van der Waals surface area contributed by atoms with Crippen molar-refractivity contribution in [2.45, 2.75) is 31.2 Å². The molecule has 0 radical (unpaired) electrons. The van der Waals surface area contributed by atoms with Crippen molar-refractivity contribution < 1.29 is 14.7 Å². The maximum absolute atomic E-state index is 12.6. The van der Waals surface area contributed by atoms with Gasteiger partial charge in [-0.05, 0) is 29.5 Å². The van der Waals surface area contributed by atoms with E-state index in [-0.39, 0.29) is 12.0 Å². The maximum Gasteiger partial charge on any atom is 0.328 e. The molecule has 158 valence electrons. The second kappa shape index (κ2) is 9.90. The molecule has 0 heterocycles. The van der Waals surface area contributed by atoms with Crippen molar-refractivity contribution in [3.8, 4) is 0 Å². The average Bonchev–Trinajstić information content (AvgIpc) is 2.80. The molecule has 0 aromatic heterocycles. The van der Waals surface area contributed by atoms with E-state index in [0.717, 1.165) is 28.8 Å². The molecule has 2 N–H and O–H groups in total. The maximum atomic E-state index is 12.6. The van der Waals surface area contributed by atoms with Crippen molar-refractivity contribution >= 4 is 11.9 Å². The first-order chi connectivity index (χ1) is 15.0. The van der Waals surface area contributed by atoms with Crippen molar-refractivity contribution in [3.63, 3.8) is 0 Å². The predicted molar refractivity (Wildman–Crippen MR) is 123 cm³/mol. The minimum atomic E-state index is -1.15. The molecule has 0 fully saturated rings. The second-order valence-electron chi connectivity index (χ2n) is 7.64. The van der Waals surface area contributed by atoms with Gasteiger partial charge in [0.25, 0.3) is 0 Å². The van der Waals surface area contributed by atoms with Gasteiger partial charge in [-0.15, -0.1) is 0 Å². The van der Waals surface area contributed by atoms with Gasteiger partial charge in [-0.2, -0.15) is 0 Å². The van der Waals surface area contributed by atoms with Crippen LogP contribution in [0.4, 0.5) is 0 Å². The molecule has 0 saturated carbocycles. The molecule has 4 nitrogen and oxygen atoms in total. The zero-order valence-corrected chi connectivity index (χ0v) is 17.7. The molecule has 1 amide bonds. The van der Waals surface area contributed by atoms with Crippen molar-refractivity contribution in [1.82, 2.24) is 5.32 Å². The highest BCUT2D eigenvalue weighted by Crippen LogP contribution is 2.47. The lowest BCUT2D eigenvalue weighted by Crippen LogP contribution is -2.52. The zero-order valence-electron chi connectivity index (χ0n) is 17.7. The van der Waals surface area contributed by atoms with Gasteiger partial charge in [0.1, 0.15) is 0 Å². The van der Waals surface area contributed by atoms with E-state index in [1.54, 1.807) is 0 Å². The topological polar surface area (TPSA) is 66.4 Å². The average molecular weight is 414 g/mol. The standard InChI is InChI=1S/C27H27NO3/c1-20(22-12-6-3-7-13-22)27(23-14-8-4-9-15-23,24-16-10-5-11-17-24)21(2)28-25(29)18-19-26(30)31/h3-21H,1-2H3,(H,28,29)(H,30,31)/b19-18-. The van der Waals surface area contributed by atoms with E-state index >= 15 is 0 Å². The number of hydrogen-bond acceptors (Lipinski definition) is 2. The Kier molecular flexibility index (Phi) is 7.03. The van der Waals surface area contributed by atoms with E-state index in [0.29, 0.717) is 0 Å². The summed E-state index contributed by atoms with van der Waals surface area (Å²) in [7, 11) is 0. The van der Waals surface area contributed by atoms with Gasteiger partial charge >= 0.3 is 5.97 Å². The van der Waals surface area contributed by atoms with E-state index in [1.165, 1.54) is 0 Å². The van der Waals surface area contributed by atoms with Gasteiger partial charge in [-0.25, -0.2) is 4.79 Å². The monoisotopic (exact) mass is 413 g/mol. The van der Waals surface area contributed by atoms with E-state index in [2.05, 4.69) is 48.6 Å². The molecule has 0 spiro atoms. The highest BCUT2D eigenvalue weighted by Gasteiger charge is 2.45. The van der Waals surface area contributed by atoms with Gasteiger partial charge in [0.05, 0.1) is 0 Å². The summed E-state index contributed by atoms with van der Waals surface area (Å²) in [6.45, 7) is 4.15. The lowest BCUT2D eigenvalue weighted by atomic mass is 9.60. The fourth-order valence-corrected chi connectivity index (χ4v) is 4.50. The molecule has 31 heavy (non-hydrogen) atoms. The molecule has 3 aromatic carbocycles. The fraction of sp³-hybridized carbons (Fsp3) is 0.185. The van der Waals surface area contributed by atoms with E-state index in [9.17, 15) is 9.59 Å². The van der Waals surface area contributed by atoms with Crippen LogP contribution >= 0.6 is 0 Å². The van der Waals surface area contributed by atoms with Crippen molar-refractivity contribution in [1.29, 1.82) is 0 Å². The third-order valence-electron chi connectivity index (χ3n) is 5.90. The van der Waals surface area contributed by atoms with E-state index in [1.807, 2.05) is 61.5 Å². The van der Waals surface area contributed by atoms with Gasteiger partial charge in [0, 0.05) is 23.6 Å². The van der Waals surface area contributed by atoms with Crippen molar-refractivity contribution in [3.05, 3.63) is 120 Å². The van der Waals surface area contributed by atoms with Crippen LogP contribution in [0.2, 0.25) is 0 Å². The Morgan fingerprint density at radius 3 is 1.68 bits per heavy atom. The number of carboxylic acid groups (broad SMARTS) is 1. The predicted octanol–water partition coefficient (Wildman–Crippen LogP) is 4.92. The first kappa shape index (κ1) is 22.0. The van der Waals surface area contributed by atoms with Gasteiger partial charge in [0.2, 0.25) is 5.91 Å². The summed E-state index contributed by atoms with van der Waals surface area (Å²) >= 11 is 0. The number of carbonyl (C=O) groups is 2. The Hall–Kier alpha value is -3.66. The highest BCUT2D eigenvalue weighted by molar-refractivity contribution is 5.94. The van der Waals surface area contributed by atoms with Gasteiger partial charge in [-0.1, -0.05) is 97.9 Å². The first-order valence-corrected chi connectivity index (χ1v) is 10.3. The van der Waals surface area contributed by atoms with Gasteiger partial charge in [-0.3, -0.25) is 4.79 Å². The molecular weight excluding hydrogens is 386 g/mol. The molecule has 0 saturated heterocycles. The van der Waals surface area contributed by atoms with Crippen LogP contribution in [0.3, 0.4) is 0 Å². The highest BCUT2D eigenvalue weighted by atomic mass is 16.4. The van der Waals surface area contributed by atoms with Crippen LogP contribution in [-0.4, -0.2) is 23.0 Å². The molecular formula is C27H27NO3. The Balaban J connectivity index is 2.20. The summed E-state index contributed by atoms with van der Waals surface area (Å²) in [6.07, 6.45) is 1.92. The third-order valence-corrected chi connectivity index (χ3v) is 5.90. The molecule has 4 heteroatoms. The Morgan fingerprint density at radius 2 is 1.23 bits per heavy atom. The number of hydrogen-bond donors (Lipinski definition) is 2. The lowest BCUT2D eigenvalue weighted by molar-refractivity contribution is -0.131. The van der Waals surface area contributed by atoms with Crippen LogP contribution in [0.1, 0.15) is 36.5 Å². The summed E-state index contributed by atoms with van der Waals surface area (Å²) in [5.74, 6) is -1.58. The van der Waals surface area contributed by atoms with Gasteiger partial charge < -0.3 is 10.4 Å². The quantitative estimate of drug-likeness (QED) is 0.515. The Labute approximate surface area is 183 Å². The largest absolute Gasteiger partial charge is 0.478 e. The summed E-state index contributed by atoms with van der Waals surface area (Å²) in [5.41, 5.74) is 2.72. The van der Waals surface area contributed by atoms with Crippen molar-refractivity contribution in [2.75, 3.05) is 0 Å². The van der Waals surface area contributed by atoms with E-state index in [4.69, 9.17) is 5.11 Å².